The normalized spacial score (nSPS) is 36.1. The topological polar surface area (TPSA) is 28.0 Å². The Bertz CT molecular complexity index is 508. The smallest absolute Gasteiger partial charge is 0.0985 e. The van der Waals surface area contributed by atoms with Gasteiger partial charge < -0.3 is 0 Å². The van der Waals surface area contributed by atoms with Crippen LogP contribution in [0.3, 0.4) is 0 Å². The second-order valence-corrected chi connectivity index (χ2v) is 5.68. The van der Waals surface area contributed by atoms with Crippen LogP contribution in [0.1, 0.15) is 24.8 Å². The molecule has 1 aromatic rings. The van der Waals surface area contributed by atoms with Crippen LogP contribution < -0.4 is 0 Å². The lowest BCUT2D eigenvalue weighted by Crippen LogP contribution is -2.38. The van der Waals surface area contributed by atoms with E-state index in [1.807, 2.05) is 18.2 Å². The summed E-state index contributed by atoms with van der Waals surface area (Å²) in [6.07, 6.45) is 4.03. The fourth-order valence-electron chi connectivity index (χ4n) is 3.91. The molecule has 3 heteroatoms. The molecule has 18 heavy (non-hydrogen) atoms. The van der Waals surface area contributed by atoms with Crippen molar-refractivity contribution in [3.8, 4) is 0 Å². The summed E-state index contributed by atoms with van der Waals surface area (Å²) < 4.78 is 0. The van der Waals surface area contributed by atoms with Gasteiger partial charge in [0.1, 0.15) is 0 Å². The maximum atomic E-state index is 4.50. The van der Waals surface area contributed by atoms with Crippen molar-refractivity contribution in [1.82, 2.24) is 5.01 Å². The van der Waals surface area contributed by atoms with Crippen LogP contribution in [-0.2, 0) is 0 Å². The summed E-state index contributed by atoms with van der Waals surface area (Å²) in [5, 5.41) is 11.0. The summed E-state index contributed by atoms with van der Waals surface area (Å²) in [4.78, 5) is 0. The lowest BCUT2D eigenvalue weighted by molar-refractivity contribution is 0.242. The van der Waals surface area contributed by atoms with Crippen LogP contribution in [0, 0.1) is 11.8 Å². The molecule has 4 rings (SSSR count). The Morgan fingerprint density at radius 3 is 2.78 bits per heavy atom. The van der Waals surface area contributed by atoms with E-state index in [1.165, 1.54) is 19.3 Å². The Hall–Kier alpha value is -1.64. The van der Waals surface area contributed by atoms with Gasteiger partial charge in [-0.05, 0) is 36.7 Å². The first-order chi connectivity index (χ1) is 8.84. The molecule has 0 saturated heterocycles. The molecule has 3 nitrogen and oxygen atoms in total. The van der Waals surface area contributed by atoms with Gasteiger partial charge in [0.05, 0.1) is 17.8 Å². The van der Waals surface area contributed by atoms with Gasteiger partial charge in [0, 0.05) is 0 Å². The highest BCUT2D eigenvalue weighted by Crippen LogP contribution is 2.52. The molecule has 0 amide bonds. The zero-order chi connectivity index (χ0) is 12.1. The summed E-state index contributed by atoms with van der Waals surface area (Å²) in [7, 11) is 0. The first-order valence-corrected chi connectivity index (χ1v) is 6.79. The van der Waals surface area contributed by atoms with Crippen molar-refractivity contribution in [2.45, 2.75) is 31.3 Å². The van der Waals surface area contributed by atoms with Crippen LogP contribution in [0.5, 0.6) is 0 Å². The second-order valence-electron chi connectivity index (χ2n) is 5.68. The van der Waals surface area contributed by atoms with Gasteiger partial charge in [-0.2, -0.15) is 5.11 Å². The van der Waals surface area contributed by atoms with Gasteiger partial charge in [0.15, 0.2) is 0 Å². The lowest BCUT2D eigenvalue weighted by Gasteiger charge is -2.30. The van der Waals surface area contributed by atoms with Crippen molar-refractivity contribution in [1.29, 1.82) is 0 Å². The average Bonchev–Trinajstić information content (AvgIpc) is 3.11. The van der Waals surface area contributed by atoms with Crippen molar-refractivity contribution in [3.05, 3.63) is 42.5 Å². The lowest BCUT2D eigenvalue weighted by atomic mass is 9.90. The molecule has 0 N–H and O–H groups in total. The molecule has 1 aliphatic heterocycles. The van der Waals surface area contributed by atoms with Crippen molar-refractivity contribution in [2.75, 3.05) is 0 Å². The van der Waals surface area contributed by atoms with Gasteiger partial charge in [-0.3, -0.25) is 0 Å². The molecule has 2 bridgehead atoms. The number of rotatable bonds is 2. The Balaban J connectivity index is 1.63. The Labute approximate surface area is 107 Å². The van der Waals surface area contributed by atoms with E-state index in [0.717, 1.165) is 23.1 Å². The van der Waals surface area contributed by atoms with E-state index in [2.05, 4.69) is 34.1 Å². The summed E-state index contributed by atoms with van der Waals surface area (Å²) in [5.41, 5.74) is 2.15. The zero-order valence-corrected chi connectivity index (χ0v) is 10.4. The SMILES string of the molecule is C=C(c1ccccc1)N1N=N[C@@H]2[C@H]3CC[C@H](C3)[C@@H]21. The second kappa shape index (κ2) is 3.67. The number of fused-ring (bicyclic) bond motifs is 5. The number of hydrogen-bond donors (Lipinski definition) is 0. The van der Waals surface area contributed by atoms with E-state index >= 15 is 0 Å². The third kappa shape index (κ3) is 1.30. The van der Waals surface area contributed by atoms with Gasteiger partial charge >= 0.3 is 0 Å². The van der Waals surface area contributed by atoms with Crippen LogP contribution >= 0.6 is 0 Å². The van der Waals surface area contributed by atoms with E-state index in [-0.39, 0.29) is 0 Å². The van der Waals surface area contributed by atoms with Crippen molar-refractivity contribution in [3.63, 3.8) is 0 Å². The van der Waals surface area contributed by atoms with Crippen LogP contribution in [0.4, 0.5) is 0 Å². The van der Waals surface area contributed by atoms with E-state index < -0.39 is 0 Å². The van der Waals surface area contributed by atoms with Gasteiger partial charge in [-0.25, -0.2) is 5.01 Å². The van der Waals surface area contributed by atoms with Gasteiger partial charge in [-0.1, -0.05) is 42.1 Å². The van der Waals surface area contributed by atoms with Crippen molar-refractivity contribution >= 4 is 5.70 Å². The first kappa shape index (κ1) is 10.3. The highest BCUT2D eigenvalue weighted by Gasteiger charge is 2.53. The largest absolute Gasteiger partial charge is 0.242 e. The molecule has 0 unspecified atom stereocenters. The minimum Gasteiger partial charge on any atom is -0.242 e. The van der Waals surface area contributed by atoms with Gasteiger partial charge in [-0.15, -0.1) is 0 Å². The molecule has 92 valence electrons. The van der Waals surface area contributed by atoms with E-state index in [4.69, 9.17) is 0 Å². The fourth-order valence-corrected chi connectivity index (χ4v) is 3.91. The highest BCUT2D eigenvalue weighted by molar-refractivity contribution is 5.62. The molecule has 0 aromatic heterocycles. The average molecular weight is 239 g/mol. The molecular weight excluding hydrogens is 222 g/mol. The minimum absolute atomic E-state index is 0.434. The molecule has 2 aliphatic carbocycles. The quantitative estimate of drug-likeness (QED) is 0.776. The number of nitrogens with zero attached hydrogens (tertiary/aromatic N) is 3. The predicted octanol–water partition coefficient (Wildman–Crippen LogP) is 3.51. The molecular formula is C15H17N3. The third-order valence-electron chi connectivity index (χ3n) is 4.78. The maximum absolute atomic E-state index is 4.50. The van der Waals surface area contributed by atoms with Crippen molar-refractivity contribution in [2.24, 2.45) is 22.2 Å². The van der Waals surface area contributed by atoms with E-state index in [1.54, 1.807) is 0 Å². The number of hydrogen-bond acceptors (Lipinski definition) is 3. The Morgan fingerprint density at radius 2 is 1.94 bits per heavy atom. The van der Waals surface area contributed by atoms with Crippen LogP contribution in [0.2, 0.25) is 0 Å². The molecule has 2 saturated carbocycles. The molecule has 2 fully saturated rings. The maximum Gasteiger partial charge on any atom is 0.0985 e. The van der Waals surface area contributed by atoms with Crippen LogP contribution in [0.15, 0.2) is 47.2 Å². The molecule has 0 radical (unpaired) electrons. The highest BCUT2D eigenvalue weighted by atomic mass is 15.6. The van der Waals surface area contributed by atoms with E-state index in [0.29, 0.717) is 12.1 Å². The minimum atomic E-state index is 0.434. The molecule has 3 aliphatic rings. The molecule has 0 spiro atoms. The van der Waals surface area contributed by atoms with E-state index in [9.17, 15) is 0 Å². The summed E-state index contributed by atoms with van der Waals surface area (Å²) >= 11 is 0. The van der Waals surface area contributed by atoms with Crippen LogP contribution in [-0.4, -0.2) is 17.1 Å². The fraction of sp³-hybridized carbons (Fsp3) is 0.467. The molecule has 4 atom stereocenters. The number of benzene rings is 1. The Kier molecular flexibility index (Phi) is 2.10. The standard InChI is InChI=1S/C15H17N3/c1-10(11-5-3-2-4-6-11)18-15-13-8-7-12(9-13)14(15)16-17-18/h2-6,12-15H,1,7-9H2/t12-,13+,14+,15-/m0/s1. The zero-order valence-electron chi connectivity index (χ0n) is 10.4. The van der Waals surface area contributed by atoms with Gasteiger partial charge in [0.25, 0.3) is 0 Å². The monoisotopic (exact) mass is 239 g/mol. The summed E-state index contributed by atoms with van der Waals surface area (Å²) in [5.74, 6) is 1.55. The predicted molar refractivity (Wildman–Crippen MR) is 70.6 cm³/mol. The first-order valence-electron chi connectivity index (χ1n) is 6.79. The molecule has 1 aromatic carbocycles. The third-order valence-corrected chi connectivity index (χ3v) is 4.78. The summed E-state index contributed by atoms with van der Waals surface area (Å²) in [6, 6.07) is 11.2. The molecule has 1 heterocycles. The van der Waals surface area contributed by atoms with Gasteiger partial charge in [0.2, 0.25) is 0 Å². The Morgan fingerprint density at radius 1 is 1.17 bits per heavy atom. The summed E-state index contributed by atoms with van der Waals surface area (Å²) in [6.45, 7) is 4.22. The van der Waals surface area contributed by atoms with Crippen molar-refractivity contribution < 1.29 is 0 Å². The van der Waals surface area contributed by atoms with Crippen LogP contribution in [0.25, 0.3) is 5.70 Å².